The summed E-state index contributed by atoms with van der Waals surface area (Å²) in [5.41, 5.74) is 1.20. The number of benzene rings is 1. The Morgan fingerprint density at radius 1 is 1.15 bits per heavy atom. The van der Waals surface area contributed by atoms with E-state index in [1.54, 1.807) is 18.5 Å². The van der Waals surface area contributed by atoms with E-state index in [0.29, 0.717) is 6.01 Å². The van der Waals surface area contributed by atoms with Gasteiger partial charge < -0.3 is 10.1 Å². The molecule has 0 aliphatic carbocycles. The van der Waals surface area contributed by atoms with Crippen LogP contribution in [0.3, 0.4) is 0 Å². The smallest absolute Gasteiger partial charge is 0.321 e. The third-order valence-electron chi connectivity index (χ3n) is 2.88. The zero-order chi connectivity index (χ0) is 14.2. The van der Waals surface area contributed by atoms with Gasteiger partial charge in [-0.05, 0) is 42.6 Å². The second-order valence-electron chi connectivity index (χ2n) is 5.14. The Morgan fingerprint density at radius 2 is 1.95 bits per heavy atom. The van der Waals surface area contributed by atoms with Gasteiger partial charge in [0.25, 0.3) is 0 Å². The molecule has 1 aromatic carbocycles. The van der Waals surface area contributed by atoms with Crippen LogP contribution >= 0.6 is 0 Å². The Bertz CT molecular complexity index is 514. The molecule has 0 spiro atoms. The second-order valence-corrected chi connectivity index (χ2v) is 5.14. The van der Waals surface area contributed by atoms with E-state index >= 15 is 0 Å². The fourth-order valence-electron chi connectivity index (χ4n) is 1.79. The van der Waals surface area contributed by atoms with E-state index in [9.17, 15) is 0 Å². The number of ether oxygens (including phenoxy) is 1. The van der Waals surface area contributed by atoms with Gasteiger partial charge in [0.2, 0.25) is 0 Å². The van der Waals surface area contributed by atoms with Crippen molar-refractivity contribution in [3.8, 4) is 11.8 Å². The zero-order valence-electron chi connectivity index (χ0n) is 12.0. The fraction of sp³-hybridized carbons (Fsp3) is 0.375. The highest BCUT2D eigenvalue weighted by Crippen LogP contribution is 2.18. The molecule has 0 bridgehead atoms. The number of hydrogen-bond donors (Lipinski definition) is 1. The van der Waals surface area contributed by atoms with Crippen LogP contribution in [0.25, 0.3) is 0 Å². The number of rotatable bonds is 7. The Labute approximate surface area is 120 Å². The van der Waals surface area contributed by atoms with Crippen molar-refractivity contribution < 1.29 is 4.74 Å². The summed E-state index contributed by atoms with van der Waals surface area (Å²) in [4.78, 5) is 8.10. The van der Waals surface area contributed by atoms with E-state index < -0.39 is 0 Å². The number of nitrogens with zero attached hydrogens (tertiary/aromatic N) is 2. The SMILES string of the molecule is CC(C)CCNCc1cccc(Oc2ncccn2)c1. The normalized spacial score (nSPS) is 10.8. The maximum Gasteiger partial charge on any atom is 0.321 e. The number of aromatic nitrogens is 2. The Kier molecular flexibility index (Phi) is 5.50. The maximum atomic E-state index is 5.61. The van der Waals surface area contributed by atoms with Gasteiger partial charge in [0.05, 0.1) is 0 Å². The second kappa shape index (κ2) is 7.60. The maximum absolute atomic E-state index is 5.61. The molecule has 0 aliphatic rings. The van der Waals surface area contributed by atoms with Gasteiger partial charge in [0.1, 0.15) is 5.75 Å². The summed E-state index contributed by atoms with van der Waals surface area (Å²) >= 11 is 0. The highest BCUT2D eigenvalue weighted by molar-refractivity contribution is 5.30. The first-order valence-electron chi connectivity index (χ1n) is 6.98. The van der Waals surface area contributed by atoms with Crippen LogP contribution in [0.5, 0.6) is 11.8 Å². The summed E-state index contributed by atoms with van der Waals surface area (Å²) in [6.07, 6.45) is 4.52. The molecule has 1 N–H and O–H groups in total. The minimum atomic E-state index is 0.373. The first kappa shape index (κ1) is 14.5. The molecule has 0 aliphatic heterocycles. The summed E-state index contributed by atoms with van der Waals surface area (Å²) < 4.78 is 5.61. The van der Waals surface area contributed by atoms with E-state index in [2.05, 4.69) is 35.2 Å². The van der Waals surface area contributed by atoms with Crippen LogP contribution in [0.4, 0.5) is 0 Å². The largest absolute Gasteiger partial charge is 0.424 e. The topological polar surface area (TPSA) is 47.0 Å². The molecule has 106 valence electrons. The molecular formula is C16H21N3O. The van der Waals surface area contributed by atoms with Gasteiger partial charge in [0.15, 0.2) is 0 Å². The summed E-state index contributed by atoms with van der Waals surface area (Å²) in [5.74, 6) is 1.49. The van der Waals surface area contributed by atoms with E-state index in [-0.39, 0.29) is 0 Å². The van der Waals surface area contributed by atoms with Crippen molar-refractivity contribution >= 4 is 0 Å². The molecule has 0 unspecified atom stereocenters. The van der Waals surface area contributed by atoms with Crippen molar-refractivity contribution in [2.45, 2.75) is 26.8 Å². The Balaban J connectivity index is 1.88. The van der Waals surface area contributed by atoms with Crippen LogP contribution in [0.2, 0.25) is 0 Å². The predicted octanol–water partition coefficient (Wildman–Crippen LogP) is 3.40. The average molecular weight is 271 g/mol. The fourth-order valence-corrected chi connectivity index (χ4v) is 1.79. The lowest BCUT2D eigenvalue weighted by Gasteiger charge is -2.08. The standard InChI is InChI=1S/C16H21N3O/c1-13(2)7-10-17-12-14-5-3-6-15(11-14)20-16-18-8-4-9-19-16/h3-6,8-9,11,13,17H,7,10,12H2,1-2H3. The Morgan fingerprint density at radius 3 is 2.70 bits per heavy atom. The molecule has 4 nitrogen and oxygen atoms in total. The molecule has 1 aromatic heterocycles. The van der Waals surface area contributed by atoms with Crippen LogP contribution in [0.1, 0.15) is 25.8 Å². The Hall–Kier alpha value is -1.94. The number of nitrogens with one attached hydrogen (secondary N) is 1. The summed E-state index contributed by atoms with van der Waals surface area (Å²) in [5, 5.41) is 3.44. The van der Waals surface area contributed by atoms with Gasteiger partial charge in [-0.2, -0.15) is 0 Å². The third kappa shape index (κ3) is 4.97. The van der Waals surface area contributed by atoms with Crippen molar-refractivity contribution in [3.05, 3.63) is 48.3 Å². The lowest BCUT2D eigenvalue weighted by Crippen LogP contribution is -2.16. The van der Waals surface area contributed by atoms with E-state index in [0.717, 1.165) is 24.8 Å². The molecule has 20 heavy (non-hydrogen) atoms. The molecule has 2 rings (SSSR count). The van der Waals surface area contributed by atoms with Gasteiger partial charge in [-0.3, -0.25) is 0 Å². The summed E-state index contributed by atoms with van der Waals surface area (Å²) in [6, 6.07) is 10.1. The van der Waals surface area contributed by atoms with Crippen molar-refractivity contribution in [2.24, 2.45) is 5.92 Å². The van der Waals surface area contributed by atoms with Crippen LogP contribution < -0.4 is 10.1 Å². The van der Waals surface area contributed by atoms with Crippen LogP contribution in [0.15, 0.2) is 42.7 Å². The first-order chi connectivity index (χ1) is 9.74. The van der Waals surface area contributed by atoms with Crippen molar-refractivity contribution in [1.29, 1.82) is 0 Å². The van der Waals surface area contributed by atoms with Gasteiger partial charge in [-0.25, -0.2) is 9.97 Å². The predicted molar refractivity (Wildman–Crippen MR) is 79.7 cm³/mol. The molecule has 0 radical (unpaired) electrons. The van der Waals surface area contributed by atoms with Crippen LogP contribution in [0, 0.1) is 5.92 Å². The highest BCUT2D eigenvalue weighted by Gasteiger charge is 2.01. The lowest BCUT2D eigenvalue weighted by atomic mass is 10.1. The molecule has 0 saturated carbocycles. The minimum Gasteiger partial charge on any atom is -0.424 e. The quantitative estimate of drug-likeness (QED) is 0.784. The first-order valence-corrected chi connectivity index (χ1v) is 6.98. The molecule has 0 fully saturated rings. The zero-order valence-corrected chi connectivity index (χ0v) is 12.0. The van der Waals surface area contributed by atoms with Gasteiger partial charge in [-0.1, -0.05) is 26.0 Å². The van der Waals surface area contributed by atoms with Gasteiger partial charge in [-0.15, -0.1) is 0 Å². The number of hydrogen-bond acceptors (Lipinski definition) is 4. The molecule has 0 amide bonds. The van der Waals surface area contributed by atoms with E-state index in [1.165, 1.54) is 12.0 Å². The third-order valence-corrected chi connectivity index (χ3v) is 2.88. The van der Waals surface area contributed by atoms with Crippen molar-refractivity contribution in [3.63, 3.8) is 0 Å². The highest BCUT2D eigenvalue weighted by atomic mass is 16.5. The van der Waals surface area contributed by atoms with Gasteiger partial charge in [0, 0.05) is 18.9 Å². The average Bonchev–Trinajstić information content (AvgIpc) is 2.45. The van der Waals surface area contributed by atoms with E-state index in [4.69, 9.17) is 4.74 Å². The minimum absolute atomic E-state index is 0.373. The van der Waals surface area contributed by atoms with Crippen molar-refractivity contribution in [1.82, 2.24) is 15.3 Å². The molecule has 4 heteroatoms. The molecular weight excluding hydrogens is 250 g/mol. The van der Waals surface area contributed by atoms with E-state index in [1.807, 2.05) is 18.2 Å². The summed E-state index contributed by atoms with van der Waals surface area (Å²) in [7, 11) is 0. The molecule has 2 aromatic rings. The summed E-state index contributed by atoms with van der Waals surface area (Å²) in [6.45, 7) is 6.34. The molecule has 1 heterocycles. The van der Waals surface area contributed by atoms with Crippen LogP contribution in [-0.4, -0.2) is 16.5 Å². The lowest BCUT2D eigenvalue weighted by molar-refractivity contribution is 0.441. The van der Waals surface area contributed by atoms with Crippen molar-refractivity contribution in [2.75, 3.05) is 6.54 Å². The van der Waals surface area contributed by atoms with Gasteiger partial charge >= 0.3 is 6.01 Å². The van der Waals surface area contributed by atoms with Crippen LogP contribution in [-0.2, 0) is 6.54 Å². The molecule has 0 saturated heterocycles. The molecule has 0 atom stereocenters. The monoisotopic (exact) mass is 271 g/mol.